The molecule has 0 aliphatic heterocycles. The van der Waals surface area contributed by atoms with E-state index in [4.69, 9.17) is 5.11 Å². The van der Waals surface area contributed by atoms with Gasteiger partial charge in [-0.2, -0.15) is 0 Å². The summed E-state index contributed by atoms with van der Waals surface area (Å²) in [5.41, 5.74) is 0.748. The molecule has 48 valence electrons. The van der Waals surface area contributed by atoms with Crippen molar-refractivity contribution in [3.05, 3.63) is 24.3 Å². The summed E-state index contributed by atoms with van der Waals surface area (Å²) in [6, 6.07) is 0. The number of nitrogens with zero attached hydrogens (tertiary/aromatic N) is 2. The maximum absolute atomic E-state index is 8.94. The number of aliphatic hydroxyl groups is 1. The Bertz CT molecular complexity index is 174. The molecular formula is C6H8N2O. The van der Waals surface area contributed by atoms with Crippen LogP contribution in [0.25, 0.3) is 0 Å². The van der Waals surface area contributed by atoms with Crippen LogP contribution in [0.15, 0.2) is 18.7 Å². The lowest BCUT2D eigenvalue weighted by molar-refractivity contribution is 0.198. The van der Waals surface area contributed by atoms with Gasteiger partial charge in [-0.1, -0.05) is 0 Å². The highest BCUT2D eigenvalue weighted by Crippen LogP contribution is 2.05. The molecule has 3 heteroatoms. The molecule has 1 rings (SSSR count). The van der Waals surface area contributed by atoms with E-state index in [1.54, 1.807) is 19.3 Å². The van der Waals surface area contributed by atoms with Crippen LogP contribution in [0, 0.1) is 0 Å². The predicted molar refractivity (Wildman–Crippen MR) is 32.7 cm³/mol. The Kier molecular flexibility index (Phi) is 1.75. The SMILES string of the molecule is CC(O)c1cncnc1. The Morgan fingerprint density at radius 3 is 2.33 bits per heavy atom. The molecule has 3 nitrogen and oxygen atoms in total. The highest BCUT2D eigenvalue weighted by atomic mass is 16.3. The second kappa shape index (κ2) is 2.55. The molecule has 0 spiro atoms. The lowest BCUT2D eigenvalue weighted by atomic mass is 10.2. The standard InChI is InChI=1S/C6H8N2O/c1-5(9)6-2-7-4-8-3-6/h2-5,9H,1H3. The van der Waals surface area contributed by atoms with Crippen molar-refractivity contribution in [3.8, 4) is 0 Å². The smallest absolute Gasteiger partial charge is 0.115 e. The summed E-state index contributed by atoms with van der Waals surface area (Å²) < 4.78 is 0. The third-order valence-electron chi connectivity index (χ3n) is 1.06. The molecule has 0 bridgehead atoms. The molecule has 1 unspecified atom stereocenters. The summed E-state index contributed by atoms with van der Waals surface area (Å²) >= 11 is 0. The van der Waals surface area contributed by atoms with Gasteiger partial charge in [-0.05, 0) is 6.92 Å². The largest absolute Gasteiger partial charge is 0.389 e. The Morgan fingerprint density at radius 2 is 2.00 bits per heavy atom. The van der Waals surface area contributed by atoms with E-state index in [9.17, 15) is 0 Å². The van der Waals surface area contributed by atoms with Crippen LogP contribution in [0.5, 0.6) is 0 Å². The number of rotatable bonds is 1. The van der Waals surface area contributed by atoms with Crippen LogP contribution < -0.4 is 0 Å². The Balaban J connectivity index is 2.85. The molecule has 1 heterocycles. The van der Waals surface area contributed by atoms with E-state index in [0.29, 0.717) is 0 Å². The average Bonchev–Trinajstić information content (AvgIpc) is 1.90. The highest BCUT2D eigenvalue weighted by molar-refractivity contribution is 5.04. The Labute approximate surface area is 53.4 Å². The van der Waals surface area contributed by atoms with Crippen LogP contribution in [0.2, 0.25) is 0 Å². The van der Waals surface area contributed by atoms with Crippen molar-refractivity contribution in [1.29, 1.82) is 0 Å². The fraction of sp³-hybridized carbons (Fsp3) is 0.333. The lowest BCUT2D eigenvalue weighted by Gasteiger charge is -1.99. The third kappa shape index (κ3) is 1.47. The molecular weight excluding hydrogens is 116 g/mol. The van der Waals surface area contributed by atoms with E-state index in [1.807, 2.05) is 0 Å². The number of hydrogen-bond donors (Lipinski definition) is 1. The first-order chi connectivity index (χ1) is 4.30. The minimum Gasteiger partial charge on any atom is -0.389 e. The van der Waals surface area contributed by atoms with Gasteiger partial charge in [0.2, 0.25) is 0 Å². The van der Waals surface area contributed by atoms with Gasteiger partial charge in [0.1, 0.15) is 6.33 Å². The van der Waals surface area contributed by atoms with Gasteiger partial charge in [0.25, 0.3) is 0 Å². The monoisotopic (exact) mass is 124 g/mol. The topological polar surface area (TPSA) is 46.0 Å². The van der Waals surface area contributed by atoms with Crippen molar-refractivity contribution in [1.82, 2.24) is 9.97 Å². The van der Waals surface area contributed by atoms with Crippen molar-refractivity contribution in [3.63, 3.8) is 0 Å². The molecule has 0 fully saturated rings. The zero-order chi connectivity index (χ0) is 6.69. The molecule has 0 saturated heterocycles. The molecule has 1 aromatic rings. The summed E-state index contributed by atoms with van der Waals surface area (Å²) in [5.74, 6) is 0. The van der Waals surface area contributed by atoms with Gasteiger partial charge in [-0.3, -0.25) is 0 Å². The van der Waals surface area contributed by atoms with Crippen LogP contribution in [0.4, 0.5) is 0 Å². The van der Waals surface area contributed by atoms with E-state index in [1.165, 1.54) is 6.33 Å². The van der Waals surface area contributed by atoms with Gasteiger partial charge in [-0.15, -0.1) is 0 Å². The average molecular weight is 124 g/mol. The van der Waals surface area contributed by atoms with E-state index in [-0.39, 0.29) is 0 Å². The molecule has 9 heavy (non-hydrogen) atoms. The minimum absolute atomic E-state index is 0.466. The van der Waals surface area contributed by atoms with Crippen LogP contribution in [0.3, 0.4) is 0 Å². The van der Waals surface area contributed by atoms with E-state index < -0.39 is 6.10 Å². The fourth-order valence-corrected chi connectivity index (χ4v) is 0.526. The van der Waals surface area contributed by atoms with Gasteiger partial charge in [0.05, 0.1) is 6.10 Å². The maximum Gasteiger partial charge on any atom is 0.115 e. The predicted octanol–water partition coefficient (Wildman–Crippen LogP) is 0.530. The van der Waals surface area contributed by atoms with Gasteiger partial charge < -0.3 is 5.11 Å². The number of aromatic nitrogens is 2. The third-order valence-corrected chi connectivity index (χ3v) is 1.06. The Hall–Kier alpha value is -0.960. The lowest BCUT2D eigenvalue weighted by Crippen LogP contribution is -1.91. The van der Waals surface area contributed by atoms with Gasteiger partial charge in [-0.25, -0.2) is 9.97 Å². The Morgan fingerprint density at radius 1 is 1.44 bits per heavy atom. The van der Waals surface area contributed by atoms with Crippen molar-refractivity contribution < 1.29 is 5.11 Å². The molecule has 1 aromatic heterocycles. The highest BCUT2D eigenvalue weighted by Gasteiger charge is 1.97. The van der Waals surface area contributed by atoms with Crippen LogP contribution in [-0.4, -0.2) is 15.1 Å². The van der Waals surface area contributed by atoms with Gasteiger partial charge in [0.15, 0.2) is 0 Å². The first-order valence-electron chi connectivity index (χ1n) is 2.73. The zero-order valence-corrected chi connectivity index (χ0v) is 5.15. The fourth-order valence-electron chi connectivity index (χ4n) is 0.526. The molecule has 0 aliphatic rings. The van der Waals surface area contributed by atoms with Crippen molar-refractivity contribution in [2.45, 2.75) is 13.0 Å². The molecule has 0 amide bonds. The van der Waals surface area contributed by atoms with Crippen molar-refractivity contribution in [2.24, 2.45) is 0 Å². The summed E-state index contributed by atoms with van der Waals surface area (Å²) in [7, 11) is 0. The second-order valence-electron chi connectivity index (χ2n) is 1.85. The molecule has 0 radical (unpaired) electrons. The van der Waals surface area contributed by atoms with E-state index in [2.05, 4.69) is 9.97 Å². The maximum atomic E-state index is 8.94. The van der Waals surface area contributed by atoms with Crippen LogP contribution in [-0.2, 0) is 0 Å². The van der Waals surface area contributed by atoms with Crippen LogP contribution >= 0.6 is 0 Å². The molecule has 1 atom stereocenters. The summed E-state index contributed by atoms with van der Waals surface area (Å²) in [6.45, 7) is 1.68. The first-order valence-corrected chi connectivity index (χ1v) is 2.73. The van der Waals surface area contributed by atoms with E-state index >= 15 is 0 Å². The summed E-state index contributed by atoms with van der Waals surface area (Å²) in [4.78, 5) is 7.47. The molecule has 0 saturated carbocycles. The van der Waals surface area contributed by atoms with Gasteiger partial charge >= 0.3 is 0 Å². The second-order valence-corrected chi connectivity index (χ2v) is 1.85. The molecule has 0 aromatic carbocycles. The first kappa shape index (κ1) is 6.16. The quantitative estimate of drug-likeness (QED) is 0.594. The van der Waals surface area contributed by atoms with E-state index in [0.717, 1.165) is 5.56 Å². The molecule has 1 N–H and O–H groups in total. The van der Waals surface area contributed by atoms with Crippen LogP contribution in [0.1, 0.15) is 18.6 Å². The van der Waals surface area contributed by atoms with Gasteiger partial charge in [0, 0.05) is 18.0 Å². The van der Waals surface area contributed by atoms with Crippen molar-refractivity contribution >= 4 is 0 Å². The minimum atomic E-state index is -0.466. The zero-order valence-electron chi connectivity index (χ0n) is 5.15. The number of hydrogen-bond acceptors (Lipinski definition) is 3. The normalized spacial score (nSPS) is 13.1. The van der Waals surface area contributed by atoms with Crippen molar-refractivity contribution in [2.75, 3.05) is 0 Å². The number of aliphatic hydroxyl groups excluding tert-OH is 1. The summed E-state index contributed by atoms with van der Waals surface area (Å²) in [5, 5.41) is 8.94. The molecule has 0 aliphatic carbocycles. The summed E-state index contributed by atoms with van der Waals surface area (Å²) in [6.07, 6.45) is 4.16.